The van der Waals surface area contributed by atoms with E-state index >= 15 is 0 Å². The molecule has 2 rings (SSSR count). The molecule has 1 aliphatic carbocycles. The molecular formula is C18H23N3O2. The average molecular weight is 313 g/mol. The second kappa shape index (κ2) is 8.27. The minimum absolute atomic E-state index is 0.243. The van der Waals surface area contributed by atoms with Crippen LogP contribution in [0.3, 0.4) is 0 Å². The van der Waals surface area contributed by atoms with Crippen molar-refractivity contribution in [2.45, 2.75) is 45.6 Å². The van der Waals surface area contributed by atoms with Gasteiger partial charge >= 0.3 is 0 Å². The predicted octanol–water partition coefficient (Wildman–Crippen LogP) is 3.56. The first-order chi connectivity index (χ1) is 11.1. The van der Waals surface area contributed by atoms with E-state index in [1.165, 1.54) is 12.8 Å². The van der Waals surface area contributed by atoms with Crippen molar-refractivity contribution < 1.29 is 9.53 Å². The molecule has 0 spiro atoms. The van der Waals surface area contributed by atoms with Crippen molar-refractivity contribution in [1.29, 1.82) is 0 Å². The predicted molar refractivity (Wildman–Crippen MR) is 91.8 cm³/mol. The molecule has 1 aromatic heterocycles. The summed E-state index contributed by atoms with van der Waals surface area (Å²) in [6.07, 6.45) is 10.1. The second-order valence-corrected chi connectivity index (χ2v) is 5.54. The van der Waals surface area contributed by atoms with Crippen molar-refractivity contribution >= 4 is 12.6 Å². The van der Waals surface area contributed by atoms with Crippen LogP contribution in [0.2, 0.25) is 0 Å². The molecule has 0 aromatic carbocycles. The Bertz CT molecular complexity index is 629. The van der Waals surface area contributed by atoms with Gasteiger partial charge in [0.2, 0.25) is 0 Å². The summed E-state index contributed by atoms with van der Waals surface area (Å²) in [4.78, 5) is 20.4. The Morgan fingerprint density at radius 1 is 1.43 bits per heavy atom. The molecule has 0 unspecified atom stereocenters. The molecule has 0 aliphatic heterocycles. The minimum Gasteiger partial charge on any atom is -0.490 e. The molecule has 1 aromatic rings. The highest BCUT2D eigenvalue weighted by Crippen LogP contribution is 2.24. The van der Waals surface area contributed by atoms with Crippen LogP contribution in [0.5, 0.6) is 5.75 Å². The number of ether oxygens (including phenoxy) is 1. The largest absolute Gasteiger partial charge is 0.490 e. The Morgan fingerprint density at radius 3 is 2.83 bits per heavy atom. The third-order valence-corrected chi connectivity index (χ3v) is 3.62. The zero-order valence-electron chi connectivity index (χ0n) is 13.7. The lowest BCUT2D eigenvalue weighted by molar-refractivity contribution is 0.0959. The molecule has 0 saturated heterocycles. The Kier molecular flexibility index (Phi) is 6.09. The maximum atomic E-state index is 12.3. The fourth-order valence-corrected chi connectivity index (χ4v) is 2.52. The van der Waals surface area contributed by atoms with Gasteiger partial charge in [-0.2, -0.15) is 0 Å². The topological polar surface area (TPSA) is 63.6 Å². The van der Waals surface area contributed by atoms with E-state index in [4.69, 9.17) is 4.74 Å². The van der Waals surface area contributed by atoms with Crippen LogP contribution >= 0.6 is 0 Å². The van der Waals surface area contributed by atoms with Gasteiger partial charge in [0.15, 0.2) is 0 Å². The molecule has 5 heteroatoms. The number of rotatable bonds is 6. The molecule has 5 nitrogen and oxygen atoms in total. The molecule has 1 fully saturated rings. The summed E-state index contributed by atoms with van der Waals surface area (Å²) in [7, 11) is 0. The van der Waals surface area contributed by atoms with Crippen molar-refractivity contribution in [3.05, 3.63) is 47.6 Å². The first-order valence-electron chi connectivity index (χ1n) is 7.88. The number of hydrogen-bond donors (Lipinski definition) is 1. The van der Waals surface area contributed by atoms with Gasteiger partial charge in [-0.05, 0) is 52.3 Å². The van der Waals surface area contributed by atoms with E-state index in [1.54, 1.807) is 18.2 Å². The van der Waals surface area contributed by atoms with Crippen molar-refractivity contribution in [3.63, 3.8) is 0 Å². The number of nitrogens with zero attached hydrogens (tertiary/aromatic N) is 2. The average Bonchev–Trinajstić information content (AvgIpc) is 3.03. The van der Waals surface area contributed by atoms with Crippen molar-refractivity contribution in [2.75, 3.05) is 0 Å². The van der Waals surface area contributed by atoms with Gasteiger partial charge in [0, 0.05) is 17.8 Å². The lowest BCUT2D eigenvalue weighted by Gasteiger charge is -2.14. The molecule has 1 amide bonds. The second-order valence-electron chi connectivity index (χ2n) is 5.54. The fraction of sp³-hybridized carbons (Fsp3) is 0.389. The lowest BCUT2D eigenvalue weighted by Crippen LogP contribution is -2.23. The minimum atomic E-state index is -0.326. The quantitative estimate of drug-likeness (QED) is 0.645. The maximum absolute atomic E-state index is 12.3. The summed E-state index contributed by atoms with van der Waals surface area (Å²) in [6, 6.07) is 3.54. The SMILES string of the molecule is C=N/C(=C\C=C/C)NC(=O)c1cc(OC2CCCC2)cc(C)n1. The van der Waals surface area contributed by atoms with Crippen LogP contribution in [-0.2, 0) is 0 Å². The highest BCUT2D eigenvalue weighted by Gasteiger charge is 2.18. The number of aryl methyl sites for hydroxylation is 1. The van der Waals surface area contributed by atoms with Crippen LogP contribution in [0.15, 0.2) is 41.2 Å². The van der Waals surface area contributed by atoms with E-state index in [9.17, 15) is 4.79 Å². The summed E-state index contributed by atoms with van der Waals surface area (Å²) >= 11 is 0. The molecule has 0 radical (unpaired) electrons. The summed E-state index contributed by atoms with van der Waals surface area (Å²) in [5.74, 6) is 0.753. The Morgan fingerprint density at radius 2 is 2.17 bits per heavy atom. The van der Waals surface area contributed by atoms with Crippen molar-refractivity contribution in [1.82, 2.24) is 10.3 Å². The molecule has 122 valence electrons. The standard InChI is InChI=1S/C18H23N3O2/c1-4-5-10-17(19-3)21-18(22)16-12-15(11-13(2)20-16)23-14-8-6-7-9-14/h4-5,10-12,14H,3,6-9H2,1-2H3,(H,21,22)/b5-4-,17-10+. The summed E-state index contributed by atoms with van der Waals surface area (Å²) in [5.41, 5.74) is 1.06. The maximum Gasteiger partial charge on any atom is 0.275 e. The van der Waals surface area contributed by atoms with E-state index < -0.39 is 0 Å². The number of nitrogens with one attached hydrogen (secondary N) is 1. The van der Waals surface area contributed by atoms with E-state index in [-0.39, 0.29) is 12.0 Å². The molecular weight excluding hydrogens is 290 g/mol. The van der Waals surface area contributed by atoms with Crippen LogP contribution in [0, 0.1) is 6.92 Å². The zero-order valence-corrected chi connectivity index (χ0v) is 13.7. The molecule has 1 N–H and O–H groups in total. The first-order valence-corrected chi connectivity index (χ1v) is 7.88. The number of amides is 1. The van der Waals surface area contributed by atoms with E-state index in [0.717, 1.165) is 18.5 Å². The van der Waals surface area contributed by atoms with Gasteiger partial charge in [0.1, 0.15) is 17.3 Å². The molecule has 0 atom stereocenters. The number of carbonyl (C=O) groups is 1. The number of aromatic nitrogens is 1. The summed E-state index contributed by atoms with van der Waals surface area (Å²) in [6.45, 7) is 7.18. The van der Waals surface area contributed by atoms with Crippen LogP contribution in [0.25, 0.3) is 0 Å². The van der Waals surface area contributed by atoms with E-state index in [2.05, 4.69) is 22.0 Å². The lowest BCUT2D eigenvalue weighted by atomic mass is 10.2. The van der Waals surface area contributed by atoms with Gasteiger partial charge in [-0.15, -0.1) is 0 Å². The Balaban J connectivity index is 2.12. The van der Waals surface area contributed by atoms with Gasteiger partial charge in [-0.25, -0.2) is 9.98 Å². The fourth-order valence-electron chi connectivity index (χ4n) is 2.52. The molecule has 0 bridgehead atoms. The number of allylic oxidation sites excluding steroid dienone is 3. The third kappa shape index (κ3) is 5.06. The highest BCUT2D eigenvalue weighted by molar-refractivity contribution is 5.93. The van der Waals surface area contributed by atoms with Crippen LogP contribution in [-0.4, -0.2) is 23.7 Å². The highest BCUT2D eigenvalue weighted by atomic mass is 16.5. The Labute approximate surface area is 137 Å². The van der Waals surface area contributed by atoms with Gasteiger partial charge in [0.05, 0.1) is 6.10 Å². The third-order valence-electron chi connectivity index (χ3n) is 3.62. The van der Waals surface area contributed by atoms with E-state index in [0.29, 0.717) is 17.3 Å². The number of hydrogen-bond acceptors (Lipinski definition) is 4. The zero-order chi connectivity index (χ0) is 16.7. The summed E-state index contributed by atoms with van der Waals surface area (Å²) < 4.78 is 5.96. The van der Waals surface area contributed by atoms with Crippen molar-refractivity contribution in [3.8, 4) is 5.75 Å². The first kappa shape index (κ1) is 16.9. The number of aliphatic imine (C=N–C) groups is 1. The molecule has 23 heavy (non-hydrogen) atoms. The molecule has 1 heterocycles. The normalized spacial score (nSPS) is 15.8. The molecule has 1 aliphatic rings. The monoisotopic (exact) mass is 313 g/mol. The van der Waals surface area contributed by atoms with Crippen LogP contribution < -0.4 is 10.1 Å². The van der Waals surface area contributed by atoms with E-state index in [1.807, 2.05) is 26.0 Å². The van der Waals surface area contributed by atoms with Gasteiger partial charge in [-0.3, -0.25) is 4.79 Å². The van der Waals surface area contributed by atoms with Gasteiger partial charge in [0.25, 0.3) is 5.91 Å². The van der Waals surface area contributed by atoms with Crippen molar-refractivity contribution in [2.24, 2.45) is 4.99 Å². The summed E-state index contributed by atoms with van der Waals surface area (Å²) in [5, 5.41) is 2.69. The Hall–Kier alpha value is -2.43. The van der Waals surface area contributed by atoms with Crippen LogP contribution in [0.1, 0.15) is 48.8 Å². The van der Waals surface area contributed by atoms with Gasteiger partial charge < -0.3 is 10.1 Å². The molecule has 1 saturated carbocycles. The van der Waals surface area contributed by atoms with Gasteiger partial charge in [-0.1, -0.05) is 12.2 Å². The number of carbonyl (C=O) groups excluding carboxylic acids is 1. The van der Waals surface area contributed by atoms with Crippen LogP contribution in [0.4, 0.5) is 0 Å². The number of pyridine rings is 1. The smallest absolute Gasteiger partial charge is 0.275 e.